The molecule has 5 heteroatoms. The van der Waals surface area contributed by atoms with Gasteiger partial charge in [-0.05, 0) is 43.9 Å². The number of halogens is 3. The van der Waals surface area contributed by atoms with Gasteiger partial charge < -0.3 is 5.11 Å². The van der Waals surface area contributed by atoms with E-state index in [-0.39, 0.29) is 0 Å². The Morgan fingerprint density at radius 3 is 2.60 bits per heavy atom. The molecule has 2 atom stereocenters. The summed E-state index contributed by atoms with van der Waals surface area (Å²) >= 11 is 0. The molecule has 0 bridgehead atoms. The summed E-state index contributed by atoms with van der Waals surface area (Å²) in [7, 11) is 0. The summed E-state index contributed by atoms with van der Waals surface area (Å²) in [6.45, 7) is 4.72. The summed E-state index contributed by atoms with van der Waals surface area (Å²) in [4.78, 5) is 2.26. The number of benzene rings is 1. The van der Waals surface area contributed by atoms with E-state index in [1.807, 2.05) is 0 Å². The Labute approximate surface area is 117 Å². The topological polar surface area (TPSA) is 23.5 Å². The van der Waals surface area contributed by atoms with Crippen LogP contribution in [0.25, 0.3) is 0 Å². The highest BCUT2D eigenvalue weighted by Crippen LogP contribution is 2.37. The summed E-state index contributed by atoms with van der Waals surface area (Å²) in [5, 5.41) is 9.35. The van der Waals surface area contributed by atoms with Crippen molar-refractivity contribution < 1.29 is 18.3 Å². The number of rotatable bonds is 3. The molecule has 20 heavy (non-hydrogen) atoms. The van der Waals surface area contributed by atoms with Gasteiger partial charge in [-0.1, -0.05) is 13.0 Å². The van der Waals surface area contributed by atoms with Crippen molar-refractivity contribution in [3.63, 3.8) is 0 Å². The fourth-order valence-corrected chi connectivity index (χ4v) is 2.97. The van der Waals surface area contributed by atoms with Gasteiger partial charge in [-0.25, -0.2) is 0 Å². The van der Waals surface area contributed by atoms with Gasteiger partial charge in [-0.15, -0.1) is 0 Å². The fourth-order valence-electron chi connectivity index (χ4n) is 2.97. The second-order valence-corrected chi connectivity index (χ2v) is 5.51. The number of phenolic OH excluding ortho intramolecular Hbond substituents is 1. The normalized spacial score (nSPS) is 24.2. The van der Waals surface area contributed by atoms with Gasteiger partial charge in [0.05, 0.1) is 5.56 Å². The lowest BCUT2D eigenvalue weighted by Gasteiger charge is -2.28. The van der Waals surface area contributed by atoms with Crippen LogP contribution >= 0.6 is 0 Å². The molecule has 2 nitrogen and oxygen atoms in total. The van der Waals surface area contributed by atoms with Crippen molar-refractivity contribution in [2.24, 2.45) is 0 Å². The van der Waals surface area contributed by atoms with Gasteiger partial charge in [-0.2, -0.15) is 13.2 Å². The lowest BCUT2D eigenvalue weighted by molar-refractivity contribution is -0.138. The maximum absolute atomic E-state index is 12.8. The third-order valence-corrected chi connectivity index (χ3v) is 4.16. The molecule has 0 radical (unpaired) electrons. The van der Waals surface area contributed by atoms with Crippen molar-refractivity contribution >= 4 is 0 Å². The smallest absolute Gasteiger partial charge is 0.419 e. The van der Waals surface area contributed by atoms with Crippen LogP contribution in [0.2, 0.25) is 0 Å². The van der Waals surface area contributed by atoms with Crippen LogP contribution in [0.3, 0.4) is 0 Å². The van der Waals surface area contributed by atoms with E-state index in [0.29, 0.717) is 24.2 Å². The summed E-state index contributed by atoms with van der Waals surface area (Å²) < 4.78 is 38.4. The first kappa shape index (κ1) is 15.2. The number of aromatic hydroxyl groups is 1. The van der Waals surface area contributed by atoms with Crippen LogP contribution in [0.4, 0.5) is 13.2 Å². The predicted octanol–water partition coefficient (Wildman–Crippen LogP) is 4.17. The molecule has 0 saturated carbocycles. The van der Waals surface area contributed by atoms with Crippen molar-refractivity contribution in [3.05, 3.63) is 29.3 Å². The molecule has 0 spiro atoms. The Morgan fingerprint density at radius 1 is 1.30 bits per heavy atom. The highest BCUT2D eigenvalue weighted by Gasteiger charge is 2.35. The zero-order chi connectivity index (χ0) is 14.9. The van der Waals surface area contributed by atoms with E-state index in [4.69, 9.17) is 0 Å². The summed E-state index contributed by atoms with van der Waals surface area (Å²) in [6.07, 6.45) is -1.32. The van der Waals surface area contributed by atoms with Gasteiger partial charge in [0.25, 0.3) is 0 Å². The SMILES string of the molecule is CCC1CCC(C)N1Cc1ccc(O)c(C(F)(F)F)c1. The third-order valence-electron chi connectivity index (χ3n) is 4.16. The maximum Gasteiger partial charge on any atom is 0.419 e. The molecule has 1 aromatic rings. The second kappa shape index (κ2) is 5.64. The molecule has 1 aromatic carbocycles. The van der Waals surface area contributed by atoms with Crippen LogP contribution in [0.1, 0.15) is 44.2 Å². The van der Waals surface area contributed by atoms with E-state index in [1.54, 1.807) is 6.07 Å². The largest absolute Gasteiger partial charge is 0.507 e. The number of hydrogen-bond acceptors (Lipinski definition) is 2. The van der Waals surface area contributed by atoms with Gasteiger partial charge in [0, 0.05) is 18.6 Å². The number of likely N-dealkylation sites (tertiary alicyclic amines) is 1. The Hall–Kier alpha value is -1.23. The molecule has 0 aliphatic carbocycles. The molecule has 1 heterocycles. The van der Waals surface area contributed by atoms with Gasteiger partial charge in [0.2, 0.25) is 0 Å². The van der Waals surface area contributed by atoms with Gasteiger partial charge in [0.1, 0.15) is 5.75 Å². The van der Waals surface area contributed by atoms with Crippen LogP contribution in [-0.4, -0.2) is 22.1 Å². The number of alkyl halides is 3. The molecule has 1 N–H and O–H groups in total. The molecule has 2 rings (SSSR count). The summed E-state index contributed by atoms with van der Waals surface area (Å²) in [6, 6.07) is 4.60. The van der Waals surface area contributed by atoms with E-state index in [0.717, 1.165) is 31.4 Å². The molecule has 1 aliphatic heterocycles. The average molecular weight is 287 g/mol. The molecule has 2 unspecified atom stereocenters. The van der Waals surface area contributed by atoms with E-state index in [9.17, 15) is 18.3 Å². The Bertz CT molecular complexity index is 473. The zero-order valence-electron chi connectivity index (χ0n) is 11.7. The van der Waals surface area contributed by atoms with Crippen LogP contribution in [0.15, 0.2) is 18.2 Å². The molecule has 1 aliphatic rings. The first-order chi connectivity index (χ1) is 9.32. The van der Waals surface area contributed by atoms with E-state index in [2.05, 4.69) is 18.7 Å². The lowest BCUT2D eigenvalue weighted by atomic mass is 10.1. The van der Waals surface area contributed by atoms with Crippen LogP contribution in [0, 0.1) is 0 Å². The predicted molar refractivity (Wildman–Crippen MR) is 71.4 cm³/mol. The summed E-state index contributed by atoms with van der Waals surface area (Å²) in [5.41, 5.74) is -0.350. The monoisotopic (exact) mass is 287 g/mol. The molecule has 0 aromatic heterocycles. The van der Waals surface area contributed by atoms with Gasteiger partial charge in [0.15, 0.2) is 0 Å². The summed E-state index contributed by atoms with van der Waals surface area (Å²) in [5.74, 6) is -0.706. The highest BCUT2D eigenvalue weighted by atomic mass is 19.4. The molecular weight excluding hydrogens is 267 g/mol. The first-order valence-corrected chi connectivity index (χ1v) is 6.97. The lowest BCUT2D eigenvalue weighted by Crippen LogP contribution is -2.33. The van der Waals surface area contributed by atoms with Gasteiger partial charge in [-0.3, -0.25) is 4.90 Å². The Balaban J connectivity index is 2.22. The van der Waals surface area contributed by atoms with Crippen molar-refractivity contribution in [2.45, 2.75) is 57.9 Å². The van der Waals surface area contributed by atoms with E-state index >= 15 is 0 Å². The molecular formula is C15H20F3NO. The van der Waals surface area contributed by atoms with E-state index < -0.39 is 17.5 Å². The zero-order valence-corrected chi connectivity index (χ0v) is 11.7. The van der Waals surface area contributed by atoms with Crippen molar-refractivity contribution in [2.75, 3.05) is 0 Å². The first-order valence-electron chi connectivity index (χ1n) is 6.97. The molecule has 0 amide bonds. The van der Waals surface area contributed by atoms with Crippen LogP contribution < -0.4 is 0 Å². The molecule has 1 saturated heterocycles. The van der Waals surface area contributed by atoms with E-state index in [1.165, 1.54) is 0 Å². The van der Waals surface area contributed by atoms with Crippen molar-refractivity contribution in [3.8, 4) is 5.75 Å². The quantitative estimate of drug-likeness (QED) is 0.901. The van der Waals surface area contributed by atoms with Crippen molar-refractivity contribution in [1.82, 2.24) is 4.90 Å². The number of hydrogen-bond donors (Lipinski definition) is 1. The third kappa shape index (κ3) is 3.08. The minimum absolute atomic E-state index is 0.392. The second-order valence-electron chi connectivity index (χ2n) is 5.51. The fraction of sp³-hybridized carbons (Fsp3) is 0.600. The standard InChI is InChI=1S/C15H20F3NO/c1-3-12-6-4-10(2)19(12)9-11-5-7-14(20)13(8-11)15(16,17)18/h5,7-8,10,12,20H,3-4,6,9H2,1-2H3. The van der Waals surface area contributed by atoms with Crippen LogP contribution in [0.5, 0.6) is 5.75 Å². The molecule has 1 fully saturated rings. The number of phenols is 1. The van der Waals surface area contributed by atoms with Crippen molar-refractivity contribution in [1.29, 1.82) is 0 Å². The average Bonchev–Trinajstić information content (AvgIpc) is 2.71. The Morgan fingerprint density at radius 2 is 2.00 bits per heavy atom. The van der Waals surface area contributed by atoms with Crippen LogP contribution in [-0.2, 0) is 12.7 Å². The molecule has 112 valence electrons. The maximum atomic E-state index is 12.8. The Kier molecular flexibility index (Phi) is 4.28. The minimum Gasteiger partial charge on any atom is -0.507 e. The highest BCUT2D eigenvalue weighted by molar-refractivity contribution is 5.38. The number of nitrogens with zero attached hydrogens (tertiary/aromatic N) is 1. The minimum atomic E-state index is -4.51. The van der Waals surface area contributed by atoms with Gasteiger partial charge >= 0.3 is 6.18 Å².